The largest absolute Gasteiger partial charge is 0.455 e. The Labute approximate surface area is 295 Å². The van der Waals surface area contributed by atoms with Crippen LogP contribution in [0.15, 0.2) is 193 Å². The number of aromatic nitrogens is 1. The van der Waals surface area contributed by atoms with Gasteiger partial charge >= 0.3 is 0 Å². The summed E-state index contributed by atoms with van der Waals surface area (Å²) in [5, 5.41) is 4.73. The smallest absolute Gasteiger partial charge is 0.143 e. The molecule has 0 unspecified atom stereocenters. The van der Waals surface area contributed by atoms with Crippen LogP contribution >= 0.6 is 0 Å². The van der Waals surface area contributed by atoms with Crippen LogP contribution in [0.1, 0.15) is 11.1 Å². The molecule has 3 nitrogen and oxygen atoms in total. The summed E-state index contributed by atoms with van der Waals surface area (Å²) in [5.41, 5.74) is 14.0. The van der Waals surface area contributed by atoms with Gasteiger partial charge in [-0.15, -0.1) is 0 Å². The van der Waals surface area contributed by atoms with Crippen molar-refractivity contribution in [2.75, 3.05) is 4.90 Å². The first-order chi connectivity index (χ1) is 25.2. The third-order valence-electron chi connectivity index (χ3n) is 10.1. The van der Waals surface area contributed by atoms with Gasteiger partial charge in [-0.3, -0.25) is 0 Å². The van der Waals surface area contributed by atoms with Crippen molar-refractivity contribution in [3.63, 3.8) is 0 Å². The summed E-state index contributed by atoms with van der Waals surface area (Å²) in [6.45, 7) is 4.57. The van der Waals surface area contributed by atoms with Crippen molar-refractivity contribution < 1.29 is 4.42 Å². The van der Waals surface area contributed by atoms with E-state index < -0.39 is 0 Å². The van der Waals surface area contributed by atoms with Gasteiger partial charge in [0.25, 0.3) is 0 Å². The van der Waals surface area contributed by atoms with E-state index in [0.29, 0.717) is 0 Å². The average molecular weight is 653 g/mol. The number of anilines is 2. The number of hydrogen-bond donors (Lipinski definition) is 0. The maximum Gasteiger partial charge on any atom is 0.143 e. The van der Waals surface area contributed by atoms with Gasteiger partial charge in [-0.25, -0.2) is 0 Å². The van der Waals surface area contributed by atoms with Crippen LogP contribution in [0.5, 0.6) is 0 Å². The molecule has 0 atom stereocenters. The minimum atomic E-state index is 0.907. The van der Waals surface area contributed by atoms with Gasteiger partial charge in [-0.1, -0.05) is 116 Å². The third kappa shape index (κ3) is 4.74. The molecule has 9 aromatic rings. The predicted octanol–water partition coefficient (Wildman–Crippen LogP) is 13.1. The number of benzene rings is 7. The van der Waals surface area contributed by atoms with Gasteiger partial charge in [0.2, 0.25) is 0 Å². The molecule has 2 aromatic heterocycles. The monoisotopic (exact) mass is 652 g/mol. The molecule has 0 fully saturated rings. The molecule has 3 heterocycles. The Morgan fingerprint density at radius 1 is 0.490 bits per heavy atom. The zero-order valence-corrected chi connectivity index (χ0v) is 27.8. The third-order valence-corrected chi connectivity index (χ3v) is 10.1. The molecule has 0 N–H and O–H groups in total. The highest BCUT2D eigenvalue weighted by atomic mass is 16.3. The minimum Gasteiger partial charge on any atom is -0.455 e. The van der Waals surface area contributed by atoms with Crippen LogP contribution < -0.4 is 4.90 Å². The number of hydrogen-bond acceptors (Lipinski definition) is 2. The summed E-state index contributed by atoms with van der Waals surface area (Å²) in [4.78, 5) is 2.26. The van der Waals surface area contributed by atoms with Crippen molar-refractivity contribution in [2.45, 2.75) is 0 Å². The highest BCUT2D eigenvalue weighted by Gasteiger charge is 2.18. The van der Waals surface area contributed by atoms with E-state index in [-0.39, 0.29) is 0 Å². The second kappa shape index (κ2) is 11.6. The van der Waals surface area contributed by atoms with E-state index in [1.54, 1.807) is 0 Å². The lowest BCUT2D eigenvalue weighted by Gasteiger charge is -2.26. The summed E-state index contributed by atoms with van der Waals surface area (Å²) in [5.74, 6) is 0. The zero-order chi connectivity index (χ0) is 33.9. The van der Waals surface area contributed by atoms with Crippen molar-refractivity contribution in [2.24, 2.45) is 0 Å². The maximum atomic E-state index is 6.36. The van der Waals surface area contributed by atoms with Crippen LogP contribution in [-0.4, -0.2) is 4.57 Å². The molecule has 3 heteroatoms. The summed E-state index contributed by atoms with van der Waals surface area (Å²) >= 11 is 0. The van der Waals surface area contributed by atoms with Crippen molar-refractivity contribution in [3.8, 4) is 16.8 Å². The molecule has 10 rings (SSSR count). The molecular formula is C48H32N2O. The van der Waals surface area contributed by atoms with Gasteiger partial charge in [0.15, 0.2) is 0 Å². The predicted molar refractivity (Wildman–Crippen MR) is 215 cm³/mol. The fraction of sp³-hybridized carbons (Fsp3) is 0. The van der Waals surface area contributed by atoms with E-state index in [0.717, 1.165) is 72.4 Å². The lowest BCUT2D eigenvalue weighted by atomic mass is 9.95. The Kier molecular flexibility index (Phi) is 6.65. The van der Waals surface area contributed by atoms with E-state index in [1.165, 1.54) is 21.8 Å². The Bertz CT molecular complexity index is 2870. The molecule has 1 aliphatic heterocycles. The van der Waals surface area contributed by atoms with E-state index in [1.807, 2.05) is 12.1 Å². The maximum absolute atomic E-state index is 6.36. The van der Waals surface area contributed by atoms with E-state index in [2.05, 4.69) is 186 Å². The van der Waals surface area contributed by atoms with Crippen LogP contribution in [0.3, 0.4) is 0 Å². The minimum absolute atomic E-state index is 0.907. The molecule has 240 valence electrons. The molecule has 0 amide bonds. The number of rotatable bonds is 4. The van der Waals surface area contributed by atoms with Gasteiger partial charge in [0.05, 0.1) is 16.7 Å². The normalized spacial score (nSPS) is 14.8. The summed E-state index contributed by atoms with van der Waals surface area (Å²) < 4.78 is 8.72. The van der Waals surface area contributed by atoms with Gasteiger partial charge in [-0.2, -0.15) is 0 Å². The molecular weight excluding hydrogens is 621 g/mol. The van der Waals surface area contributed by atoms with E-state index >= 15 is 0 Å². The summed E-state index contributed by atoms with van der Waals surface area (Å²) in [7, 11) is 0. The van der Waals surface area contributed by atoms with Crippen molar-refractivity contribution in [3.05, 3.63) is 200 Å². The number of fused-ring (bicyclic) bond motifs is 7. The Morgan fingerprint density at radius 2 is 1.18 bits per heavy atom. The topological polar surface area (TPSA) is 21.3 Å². The molecule has 1 aliphatic rings. The lowest BCUT2D eigenvalue weighted by molar-refractivity contribution is 0.670. The van der Waals surface area contributed by atoms with Crippen molar-refractivity contribution in [1.82, 2.24) is 4.57 Å². The van der Waals surface area contributed by atoms with Crippen LogP contribution in [0.25, 0.3) is 71.7 Å². The SMILES string of the molecule is C=C1/C=C(c2ccc3c(c2)c2ccccc2n3-c2ccccc2)\C=C/N(c2ccc(-c3cccc4c3oc3ccccc34)cc2)c2ccccc21. The van der Waals surface area contributed by atoms with Crippen molar-refractivity contribution >= 4 is 66.3 Å². The first-order valence-corrected chi connectivity index (χ1v) is 17.3. The molecule has 0 saturated carbocycles. The lowest BCUT2D eigenvalue weighted by Crippen LogP contribution is -2.11. The van der Waals surface area contributed by atoms with E-state index in [9.17, 15) is 0 Å². The zero-order valence-electron chi connectivity index (χ0n) is 27.8. The summed E-state index contributed by atoms with van der Waals surface area (Å²) in [6, 6.07) is 57.9. The fourth-order valence-corrected chi connectivity index (χ4v) is 7.69. The van der Waals surface area contributed by atoms with Gasteiger partial charge in [-0.05, 0) is 89.0 Å². The quantitative estimate of drug-likeness (QED) is 0.189. The molecule has 0 saturated heterocycles. The standard InChI is InChI=1S/C48H32N2O/c1-32-30-35(34-24-27-46-43(31-34)40-15-6-9-20-45(40)50(46)37-12-3-2-4-13-37)28-29-49(44-19-8-5-14-38(32)44)36-25-22-33(23-26-36)39-17-11-18-42-41-16-7-10-21-47(41)51-48(39)42/h2-31H,1H2/b29-28-,35-30+. The number of allylic oxidation sites excluding steroid dienone is 4. The van der Waals surface area contributed by atoms with E-state index in [4.69, 9.17) is 4.42 Å². The number of para-hydroxylation sites is 5. The fourth-order valence-electron chi connectivity index (χ4n) is 7.69. The van der Waals surface area contributed by atoms with Crippen LogP contribution in [-0.2, 0) is 0 Å². The first kappa shape index (κ1) is 29.1. The van der Waals surface area contributed by atoms with Gasteiger partial charge < -0.3 is 13.9 Å². The van der Waals surface area contributed by atoms with Gasteiger partial charge in [0.1, 0.15) is 11.2 Å². The summed E-state index contributed by atoms with van der Waals surface area (Å²) in [6.07, 6.45) is 6.60. The molecule has 0 radical (unpaired) electrons. The van der Waals surface area contributed by atoms with Crippen molar-refractivity contribution in [1.29, 1.82) is 0 Å². The molecule has 0 aliphatic carbocycles. The van der Waals surface area contributed by atoms with Crippen LogP contribution in [0, 0.1) is 0 Å². The molecule has 7 aromatic carbocycles. The molecule has 51 heavy (non-hydrogen) atoms. The molecule has 0 spiro atoms. The number of furan rings is 1. The van der Waals surface area contributed by atoms with Crippen LogP contribution in [0.4, 0.5) is 11.4 Å². The second-order valence-corrected chi connectivity index (χ2v) is 13.1. The Balaban J connectivity index is 1.06. The molecule has 0 bridgehead atoms. The highest BCUT2D eigenvalue weighted by Crippen LogP contribution is 2.40. The highest BCUT2D eigenvalue weighted by molar-refractivity contribution is 6.11. The second-order valence-electron chi connectivity index (χ2n) is 13.1. The van der Waals surface area contributed by atoms with Crippen LogP contribution in [0.2, 0.25) is 0 Å². The number of nitrogens with zero attached hydrogens (tertiary/aromatic N) is 2. The first-order valence-electron chi connectivity index (χ1n) is 17.3. The average Bonchev–Trinajstić information content (AvgIpc) is 3.73. The Hall–Kier alpha value is -6.84. The van der Waals surface area contributed by atoms with Gasteiger partial charge in [0, 0.05) is 50.2 Å². The Morgan fingerprint density at radius 3 is 2.06 bits per heavy atom.